The van der Waals surface area contributed by atoms with E-state index >= 15 is 0 Å². The molecule has 2 aromatic carbocycles. The first-order valence-electron chi connectivity index (χ1n) is 12.8. The van der Waals surface area contributed by atoms with E-state index in [0.29, 0.717) is 16.8 Å². The van der Waals surface area contributed by atoms with E-state index in [4.69, 9.17) is 0 Å². The molecule has 1 aliphatic heterocycles. The Morgan fingerprint density at radius 2 is 1.32 bits per heavy atom. The van der Waals surface area contributed by atoms with Gasteiger partial charge in [0.05, 0.1) is 0 Å². The molecule has 3 fully saturated rings. The van der Waals surface area contributed by atoms with Gasteiger partial charge in [-0.25, -0.2) is 4.79 Å². The van der Waals surface area contributed by atoms with Crippen molar-refractivity contribution < 1.29 is 14.4 Å². The lowest BCUT2D eigenvalue weighted by molar-refractivity contribution is -0.129. The van der Waals surface area contributed by atoms with Crippen LogP contribution in [-0.4, -0.2) is 45.8 Å². The Labute approximate surface area is 201 Å². The van der Waals surface area contributed by atoms with Crippen LogP contribution in [0.1, 0.15) is 80.1 Å². The van der Waals surface area contributed by atoms with Crippen LogP contribution in [0, 0.1) is 0 Å². The van der Waals surface area contributed by atoms with Gasteiger partial charge in [-0.3, -0.25) is 19.4 Å². The van der Waals surface area contributed by atoms with Crippen LogP contribution < -0.4 is 5.32 Å². The zero-order valence-corrected chi connectivity index (χ0v) is 19.6. The van der Waals surface area contributed by atoms with Crippen molar-refractivity contribution >= 4 is 23.4 Å². The summed E-state index contributed by atoms with van der Waals surface area (Å²) in [5, 5.41) is 3.35. The van der Waals surface area contributed by atoms with Crippen molar-refractivity contribution in [2.45, 2.75) is 82.5 Å². The number of para-hydroxylation sites is 1. The second-order valence-electron chi connectivity index (χ2n) is 9.77. The summed E-state index contributed by atoms with van der Waals surface area (Å²) in [4.78, 5) is 44.0. The zero-order chi connectivity index (χ0) is 23.5. The lowest BCUT2D eigenvalue weighted by Crippen LogP contribution is -2.48. The van der Waals surface area contributed by atoms with Crippen molar-refractivity contribution in [3.8, 4) is 0 Å². The minimum atomic E-state index is -0.776. The van der Waals surface area contributed by atoms with Crippen LogP contribution in [-0.2, 0) is 4.79 Å². The standard InChI is InChI=1S/C28H33N3O3/c32-25(20-12-4-1-5-13-20)23-18-10-11-19-24(23)29-26-27(33)31(22-16-8-3-9-17-22)28(34)30(26)21-14-6-2-7-15-21/h1,4-5,10-13,18-19,21-22,26,29H,2-3,6-9,14-17H2. The number of carbonyl (C=O) groups is 3. The van der Waals surface area contributed by atoms with E-state index in [2.05, 4.69) is 5.32 Å². The number of nitrogens with zero attached hydrogens (tertiary/aromatic N) is 2. The number of ketones is 1. The molecule has 0 bridgehead atoms. The molecule has 1 heterocycles. The fraction of sp³-hybridized carbons (Fsp3) is 0.464. The monoisotopic (exact) mass is 459 g/mol. The maximum atomic E-state index is 13.7. The second-order valence-corrected chi connectivity index (χ2v) is 9.77. The smallest absolute Gasteiger partial charge is 0.329 e. The Kier molecular flexibility index (Phi) is 6.66. The summed E-state index contributed by atoms with van der Waals surface area (Å²) in [5.41, 5.74) is 1.70. The maximum absolute atomic E-state index is 13.7. The van der Waals surface area contributed by atoms with Gasteiger partial charge in [0.25, 0.3) is 5.91 Å². The summed E-state index contributed by atoms with van der Waals surface area (Å²) < 4.78 is 0. The van der Waals surface area contributed by atoms with Crippen LogP contribution in [0.25, 0.3) is 0 Å². The number of imide groups is 1. The number of rotatable bonds is 6. The molecular weight excluding hydrogens is 426 g/mol. The van der Waals surface area contributed by atoms with Gasteiger partial charge in [0, 0.05) is 28.9 Å². The summed E-state index contributed by atoms with van der Waals surface area (Å²) in [5.74, 6) is -0.279. The van der Waals surface area contributed by atoms with Gasteiger partial charge in [0.1, 0.15) is 0 Å². The molecule has 1 atom stereocenters. The van der Waals surface area contributed by atoms with Gasteiger partial charge in [-0.05, 0) is 37.8 Å². The van der Waals surface area contributed by atoms with Gasteiger partial charge in [0.15, 0.2) is 11.9 Å². The first-order valence-corrected chi connectivity index (χ1v) is 12.8. The van der Waals surface area contributed by atoms with Gasteiger partial charge in [-0.2, -0.15) is 0 Å². The summed E-state index contributed by atoms with van der Waals surface area (Å²) >= 11 is 0. The molecule has 2 aromatic rings. The molecule has 1 saturated heterocycles. The number of hydrogen-bond acceptors (Lipinski definition) is 4. The topological polar surface area (TPSA) is 69.7 Å². The summed E-state index contributed by atoms with van der Waals surface area (Å²) in [7, 11) is 0. The van der Waals surface area contributed by atoms with Crippen molar-refractivity contribution in [2.24, 2.45) is 0 Å². The molecule has 1 unspecified atom stereocenters. The van der Waals surface area contributed by atoms with E-state index < -0.39 is 6.17 Å². The Morgan fingerprint density at radius 1 is 0.735 bits per heavy atom. The Bertz CT molecular complexity index is 1040. The number of amides is 3. The molecule has 6 nitrogen and oxygen atoms in total. The first-order chi connectivity index (χ1) is 16.6. The number of nitrogens with one attached hydrogen (secondary N) is 1. The SMILES string of the molecule is O=C(c1ccccc1)c1ccccc1NC1C(=O)N(C2CCCCC2)C(=O)N1C1CCCCC1. The average Bonchev–Trinajstić information content (AvgIpc) is 3.14. The molecule has 34 heavy (non-hydrogen) atoms. The maximum Gasteiger partial charge on any atom is 0.329 e. The molecule has 2 saturated carbocycles. The third kappa shape index (κ3) is 4.33. The van der Waals surface area contributed by atoms with Crippen molar-refractivity contribution in [3.63, 3.8) is 0 Å². The number of hydrogen-bond donors (Lipinski definition) is 1. The minimum absolute atomic E-state index is 0.0205. The van der Waals surface area contributed by atoms with Gasteiger partial charge in [0.2, 0.25) is 0 Å². The van der Waals surface area contributed by atoms with Crippen molar-refractivity contribution in [2.75, 3.05) is 5.32 Å². The van der Waals surface area contributed by atoms with E-state index in [0.717, 1.165) is 57.8 Å². The Hall–Kier alpha value is -3.15. The van der Waals surface area contributed by atoms with Crippen LogP contribution in [0.5, 0.6) is 0 Å². The van der Waals surface area contributed by atoms with E-state index in [1.807, 2.05) is 36.4 Å². The lowest BCUT2D eigenvalue weighted by Gasteiger charge is -2.35. The number of anilines is 1. The largest absolute Gasteiger partial charge is 0.357 e. The van der Waals surface area contributed by atoms with Gasteiger partial charge < -0.3 is 5.32 Å². The molecular formula is C28H33N3O3. The number of carbonyl (C=O) groups excluding carboxylic acids is 3. The quantitative estimate of drug-likeness (QED) is 0.452. The Morgan fingerprint density at radius 3 is 2.00 bits per heavy atom. The molecule has 178 valence electrons. The number of benzene rings is 2. The molecule has 3 aliphatic rings. The van der Waals surface area contributed by atoms with E-state index in [1.165, 1.54) is 11.3 Å². The average molecular weight is 460 g/mol. The van der Waals surface area contributed by atoms with Crippen molar-refractivity contribution in [3.05, 3.63) is 65.7 Å². The van der Waals surface area contributed by atoms with Crippen LogP contribution >= 0.6 is 0 Å². The highest BCUT2D eigenvalue weighted by Gasteiger charge is 2.50. The highest BCUT2D eigenvalue weighted by molar-refractivity contribution is 6.13. The minimum Gasteiger partial charge on any atom is -0.357 e. The van der Waals surface area contributed by atoms with E-state index in [1.54, 1.807) is 23.1 Å². The fourth-order valence-corrected chi connectivity index (χ4v) is 5.81. The summed E-state index contributed by atoms with van der Waals surface area (Å²) in [6.45, 7) is 0. The molecule has 3 amide bonds. The van der Waals surface area contributed by atoms with Crippen LogP contribution in [0.2, 0.25) is 0 Å². The van der Waals surface area contributed by atoms with Gasteiger partial charge in [-0.1, -0.05) is 81.0 Å². The van der Waals surface area contributed by atoms with E-state index in [-0.39, 0.29) is 29.8 Å². The van der Waals surface area contributed by atoms with Crippen LogP contribution in [0.3, 0.4) is 0 Å². The summed E-state index contributed by atoms with van der Waals surface area (Å²) in [6.07, 6.45) is 9.40. The molecule has 6 heteroatoms. The molecule has 0 spiro atoms. The van der Waals surface area contributed by atoms with Gasteiger partial charge >= 0.3 is 6.03 Å². The molecule has 0 radical (unpaired) electrons. The van der Waals surface area contributed by atoms with Crippen molar-refractivity contribution in [1.82, 2.24) is 9.80 Å². The first kappa shape index (κ1) is 22.6. The van der Waals surface area contributed by atoms with E-state index in [9.17, 15) is 14.4 Å². The lowest BCUT2D eigenvalue weighted by atomic mass is 9.94. The third-order valence-electron chi connectivity index (χ3n) is 7.58. The van der Waals surface area contributed by atoms with Crippen LogP contribution in [0.15, 0.2) is 54.6 Å². The van der Waals surface area contributed by atoms with Crippen molar-refractivity contribution in [1.29, 1.82) is 0 Å². The zero-order valence-electron chi connectivity index (χ0n) is 19.6. The fourth-order valence-electron chi connectivity index (χ4n) is 5.81. The highest BCUT2D eigenvalue weighted by Crippen LogP contribution is 2.34. The normalized spacial score (nSPS) is 22.3. The molecule has 2 aliphatic carbocycles. The summed E-state index contributed by atoms with van der Waals surface area (Å²) in [6, 6.07) is 16.3. The molecule has 0 aromatic heterocycles. The predicted octanol–water partition coefficient (Wildman–Crippen LogP) is 5.59. The predicted molar refractivity (Wildman–Crippen MR) is 132 cm³/mol. The van der Waals surface area contributed by atoms with Gasteiger partial charge in [-0.15, -0.1) is 0 Å². The highest BCUT2D eigenvalue weighted by atomic mass is 16.2. The number of urea groups is 1. The van der Waals surface area contributed by atoms with Crippen LogP contribution in [0.4, 0.5) is 10.5 Å². The molecule has 1 N–H and O–H groups in total. The third-order valence-corrected chi connectivity index (χ3v) is 7.58. The Balaban J connectivity index is 1.47. The molecule has 5 rings (SSSR count). The second kappa shape index (κ2) is 10.00.